The second-order valence-corrected chi connectivity index (χ2v) is 9.26. The maximum Gasteiger partial charge on any atom is 0.259 e. The van der Waals surface area contributed by atoms with Crippen LogP contribution in [-0.2, 0) is 6.42 Å². The van der Waals surface area contributed by atoms with Crippen molar-refractivity contribution in [3.63, 3.8) is 0 Å². The van der Waals surface area contributed by atoms with Crippen molar-refractivity contribution in [1.29, 1.82) is 0 Å². The Labute approximate surface area is 217 Å². The lowest BCUT2D eigenvalue weighted by Crippen LogP contribution is -2.46. The Morgan fingerprint density at radius 1 is 1.14 bits per heavy atom. The van der Waals surface area contributed by atoms with E-state index in [1.165, 1.54) is 13.0 Å². The van der Waals surface area contributed by atoms with Gasteiger partial charge in [-0.25, -0.2) is 13.8 Å². The van der Waals surface area contributed by atoms with Crippen LogP contribution in [0.25, 0.3) is 22.5 Å². The molecule has 2 aromatic heterocycles. The number of nitrogens with one attached hydrogen (secondary N) is 1. The molecule has 0 radical (unpaired) electrons. The Bertz CT molecular complexity index is 1380. The van der Waals surface area contributed by atoms with Crippen LogP contribution < -0.4 is 5.32 Å². The molecule has 0 bridgehead atoms. The average molecular weight is 505 g/mol. The van der Waals surface area contributed by atoms with Crippen LogP contribution in [0.3, 0.4) is 0 Å². The number of benzene rings is 1. The number of piperazine rings is 1. The average Bonchev–Trinajstić information content (AvgIpc) is 3.30. The minimum absolute atomic E-state index is 0.0158. The summed E-state index contributed by atoms with van der Waals surface area (Å²) in [7, 11) is 0. The second kappa shape index (κ2) is 11.6. The largest absolute Gasteiger partial charge is 0.336 e. The van der Waals surface area contributed by atoms with E-state index in [4.69, 9.17) is 4.98 Å². The first kappa shape index (κ1) is 26.5. The van der Waals surface area contributed by atoms with Crippen LogP contribution in [0.1, 0.15) is 49.3 Å². The van der Waals surface area contributed by atoms with Gasteiger partial charge in [-0.2, -0.15) is 0 Å². The standard InChI is InChI=1S/C30H34F2N4O/c1-5-20(3)23(12-11-21(4)29(31)32)24-9-7-8-10-25(24)28-26(6-2)36-16-13-22(19-27(36)34-28)30(37)35-17-14-33-15-18-35/h5,7-13,16,19,29,33H,6,14-15,17-18H2,1-4H3/b20-5-,21-11+,23-12+. The van der Waals surface area contributed by atoms with Gasteiger partial charge in [0, 0.05) is 43.5 Å². The molecule has 7 heteroatoms. The predicted molar refractivity (Wildman–Crippen MR) is 146 cm³/mol. The van der Waals surface area contributed by atoms with E-state index in [9.17, 15) is 13.6 Å². The lowest BCUT2D eigenvalue weighted by atomic mass is 9.91. The molecule has 1 aliphatic heterocycles. The van der Waals surface area contributed by atoms with Crippen LogP contribution in [0, 0.1) is 0 Å². The summed E-state index contributed by atoms with van der Waals surface area (Å²) >= 11 is 0. The van der Waals surface area contributed by atoms with Gasteiger partial charge in [-0.05, 0) is 61.6 Å². The number of aromatic nitrogens is 2. The number of halogens is 2. The molecule has 3 heterocycles. The SMILES string of the molecule is C\C=C(C)/C(=C\C=C(/C)C(F)F)c1ccccc1-c1nc2cc(C(=O)N3CCNCC3)ccn2c1CC. The molecule has 0 unspecified atom stereocenters. The van der Waals surface area contributed by atoms with Crippen LogP contribution in [0.15, 0.2) is 72.0 Å². The molecule has 0 spiro atoms. The topological polar surface area (TPSA) is 49.6 Å². The fourth-order valence-corrected chi connectivity index (χ4v) is 4.63. The molecule has 37 heavy (non-hydrogen) atoms. The number of rotatable bonds is 7. The molecule has 0 aliphatic carbocycles. The van der Waals surface area contributed by atoms with Gasteiger partial charge < -0.3 is 14.6 Å². The highest BCUT2D eigenvalue weighted by Crippen LogP contribution is 2.35. The minimum Gasteiger partial charge on any atom is -0.336 e. The van der Waals surface area contributed by atoms with Crippen LogP contribution in [0.2, 0.25) is 0 Å². The first-order valence-corrected chi connectivity index (χ1v) is 12.8. The first-order valence-electron chi connectivity index (χ1n) is 12.8. The minimum atomic E-state index is -2.50. The fourth-order valence-electron chi connectivity index (χ4n) is 4.63. The van der Waals surface area contributed by atoms with E-state index in [1.54, 1.807) is 6.08 Å². The smallest absolute Gasteiger partial charge is 0.259 e. The second-order valence-electron chi connectivity index (χ2n) is 9.26. The lowest BCUT2D eigenvalue weighted by molar-refractivity contribution is 0.0735. The predicted octanol–water partition coefficient (Wildman–Crippen LogP) is 6.17. The molecule has 5 nitrogen and oxygen atoms in total. The number of hydrogen-bond donors (Lipinski definition) is 1. The third kappa shape index (κ3) is 5.57. The van der Waals surface area contributed by atoms with Crippen LogP contribution >= 0.6 is 0 Å². The van der Waals surface area contributed by atoms with Gasteiger partial charge in [0.1, 0.15) is 5.65 Å². The summed E-state index contributed by atoms with van der Waals surface area (Å²) in [6.07, 6.45) is 5.39. The van der Waals surface area contributed by atoms with Crippen LogP contribution in [0.4, 0.5) is 8.78 Å². The molecule has 0 atom stereocenters. The van der Waals surface area contributed by atoms with E-state index in [1.807, 2.05) is 71.8 Å². The molecule has 3 aromatic rings. The number of amides is 1. The summed E-state index contributed by atoms with van der Waals surface area (Å²) in [5.41, 5.74) is 6.91. The Balaban J connectivity index is 1.83. The van der Waals surface area contributed by atoms with Crippen molar-refractivity contribution in [2.75, 3.05) is 26.2 Å². The summed E-state index contributed by atoms with van der Waals surface area (Å²) in [4.78, 5) is 19.9. The van der Waals surface area contributed by atoms with Crippen molar-refractivity contribution >= 4 is 17.1 Å². The Kier molecular flexibility index (Phi) is 8.34. The fraction of sp³-hybridized carbons (Fsp3) is 0.333. The van der Waals surface area contributed by atoms with Gasteiger partial charge in [-0.3, -0.25) is 4.79 Å². The Morgan fingerprint density at radius 2 is 1.86 bits per heavy atom. The summed E-state index contributed by atoms with van der Waals surface area (Å²) < 4.78 is 28.4. The lowest BCUT2D eigenvalue weighted by Gasteiger charge is -2.27. The number of carbonyl (C=O) groups excluding carboxylic acids is 1. The van der Waals surface area contributed by atoms with Crippen molar-refractivity contribution in [3.8, 4) is 11.3 Å². The zero-order valence-electron chi connectivity index (χ0n) is 21.9. The molecule has 1 saturated heterocycles. The van der Waals surface area contributed by atoms with E-state index < -0.39 is 6.43 Å². The van der Waals surface area contributed by atoms with Crippen molar-refractivity contribution in [2.24, 2.45) is 0 Å². The highest BCUT2D eigenvalue weighted by Gasteiger charge is 2.21. The number of aryl methyl sites for hydroxylation is 1. The van der Waals surface area contributed by atoms with Gasteiger partial charge in [0.05, 0.1) is 11.4 Å². The Morgan fingerprint density at radius 3 is 2.54 bits per heavy atom. The van der Waals surface area contributed by atoms with E-state index in [2.05, 4.69) is 12.2 Å². The quantitative estimate of drug-likeness (QED) is 0.392. The monoisotopic (exact) mass is 504 g/mol. The molecular weight excluding hydrogens is 470 g/mol. The number of pyridine rings is 1. The molecular formula is C30H34F2N4O. The molecule has 1 amide bonds. The maximum absolute atomic E-state index is 13.2. The van der Waals surface area contributed by atoms with Gasteiger partial charge in [-0.1, -0.05) is 49.4 Å². The van der Waals surface area contributed by atoms with E-state index in [0.29, 0.717) is 24.3 Å². The number of hydrogen-bond acceptors (Lipinski definition) is 3. The summed E-state index contributed by atoms with van der Waals surface area (Å²) in [6.45, 7) is 10.4. The molecule has 1 fully saturated rings. The van der Waals surface area contributed by atoms with Crippen molar-refractivity contribution in [3.05, 3.63) is 88.8 Å². The summed E-state index contributed by atoms with van der Waals surface area (Å²) in [5.74, 6) is 0.0158. The highest BCUT2D eigenvalue weighted by molar-refractivity contribution is 5.95. The van der Waals surface area contributed by atoms with Gasteiger partial charge in [0.25, 0.3) is 12.3 Å². The first-order chi connectivity index (χ1) is 17.8. The maximum atomic E-state index is 13.2. The summed E-state index contributed by atoms with van der Waals surface area (Å²) in [5, 5.41) is 3.27. The van der Waals surface area contributed by atoms with Gasteiger partial charge >= 0.3 is 0 Å². The van der Waals surface area contributed by atoms with E-state index in [-0.39, 0.29) is 11.5 Å². The summed E-state index contributed by atoms with van der Waals surface area (Å²) in [6, 6.07) is 11.7. The van der Waals surface area contributed by atoms with Crippen LogP contribution in [-0.4, -0.2) is 52.8 Å². The number of fused-ring (bicyclic) bond motifs is 1. The van der Waals surface area contributed by atoms with Crippen molar-refractivity contribution < 1.29 is 13.6 Å². The van der Waals surface area contributed by atoms with Crippen molar-refractivity contribution in [1.82, 2.24) is 19.6 Å². The molecule has 1 aliphatic rings. The Hall–Kier alpha value is -3.58. The van der Waals surface area contributed by atoms with Gasteiger partial charge in [0.15, 0.2) is 0 Å². The van der Waals surface area contributed by atoms with Crippen molar-refractivity contribution in [2.45, 2.75) is 40.5 Å². The van der Waals surface area contributed by atoms with E-state index >= 15 is 0 Å². The molecule has 194 valence electrons. The van der Waals surface area contributed by atoms with E-state index in [0.717, 1.165) is 53.2 Å². The number of carbonyl (C=O) groups is 1. The zero-order chi connectivity index (χ0) is 26.5. The highest BCUT2D eigenvalue weighted by atomic mass is 19.3. The van der Waals surface area contributed by atoms with Gasteiger partial charge in [-0.15, -0.1) is 0 Å². The molecule has 1 N–H and O–H groups in total. The van der Waals surface area contributed by atoms with Crippen LogP contribution in [0.5, 0.6) is 0 Å². The third-order valence-electron chi connectivity index (χ3n) is 6.90. The number of alkyl halides is 2. The zero-order valence-corrected chi connectivity index (χ0v) is 21.9. The molecule has 1 aromatic carbocycles. The molecule has 0 saturated carbocycles. The normalized spacial score (nSPS) is 15.6. The third-order valence-corrected chi connectivity index (χ3v) is 6.90. The number of imidazole rings is 1. The number of allylic oxidation sites excluding steroid dienone is 6. The molecule has 4 rings (SSSR count). The number of nitrogens with zero attached hydrogens (tertiary/aromatic N) is 3. The van der Waals surface area contributed by atoms with Gasteiger partial charge in [0.2, 0.25) is 0 Å².